The van der Waals surface area contributed by atoms with Crippen LogP contribution in [0.2, 0.25) is 0 Å². The molecule has 3 aromatic rings. The zero-order valence-electron chi connectivity index (χ0n) is 13.7. The Morgan fingerprint density at radius 3 is 2.28 bits per heavy atom. The molecule has 1 aromatic carbocycles. The minimum Gasteiger partial charge on any atom is -0.306 e. The summed E-state index contributed by atoms with van der Waals surface area (Å²) in [6, 6.07) is 10.0. The summed E-state index contributed by atoms with van der Waals surface area (Å²) in [5.41, 5.74) is 0.963. The number of nitrogens with zero attached hydrogens (tertiary/aromatic N) is 4. The van der Waals surface area contributed by atoms with Crippen LogP contribution >= 0.6 is 0 Å². The van der Waals surface area contributed by atoms with Crippen molar-refractivity contribution in [2.45, 2.75) is 31.8 Å². The number of aromatic nitrogens is 4. The first kappa shape index (κ1) is 15.5. The van der Waals surface area contributed by atoms with Gasteiger partial charge in [-0.3, -0.25) is 9.59 Å². The minimum atomic E-state index is -0.523. The van der Waals surface area contributed by atoms with Crippen LogP contribution in [0.4, 0.5) is 0 Å². The van der Waals surface area contributed by atoms with Gasteiger partial charge in [0.15, 0.2) is 0 Å². The normalized spacial score (nSPS) is 14.2. The van der Waals surface area contributed by atoms with Crippen LogP contribution in [0.5, 0.6) is 0 Å². The Labute approximate surface area is 144 Å². The van der Waals surface area contributed by atoms with Crippen molar-refractivity contribution in [1.82, 2.24) is 19.1 Å². The van der Waals surface area contributed by atoms with Crippen molar-refractivity contribution in [3.8, 4) is 11.1 Å². The summed E-state index contributed by atoms with van der Waals surface area (Å²) < 4.78 is 2.93. The second-order valence-corrected chi connectivity index (χ2v) is 6.28. The van der Waals surface area contributed by atoms with Gasteiger partial charge in [-0.1, -0.05) is 30.3 Å². The lowest BCUT2D eigenvalue weighted by molar-refractivity contribution is 0.303. The molecule has 0 saturated heterocycles. The summed E-state index contributed by atoms with van der Waals surface area (Å²) in [7, 11) is 0. The molecule has 1 aliphatic rings. The van der Waals surface area contributed by atoms with Crippen LogP contribution in [-0.2, 0) is 6.54 Å². The Kier molecular flexibility index (Phi) is 4.01. The lowest BCUT2D eigenvalue weighted by Gasteiger charge is -2.27. The highest BCUT2D eigenvalue weighted by molar-refractivity contribution is 5.60. The Hall–Kier alpha value is -3.02. The fourth-order valence-electron chi connectivity index (χ4n) is 2.97. The van der Waals surface area contributed by atoms with Crippen molar-refractivity contribution in [1.29, 1.82) is 0 Å². The highest BCUT2D eigenvalue weighted by atomic mass is 16.2. The van der Waals surface area contributed by atoms with Crippen molar-refractivity contribution < 1.29 is 0 Å². The van der Waals surface area contributed by atoms with Gasteiger partial charge in [-0.2, -0.15) is 0 Å². The molecule has 0 amide bonds. The van der Waals surface area contributed by atoms with Gasteiger partial charge in [0.1, 0.15) is 5.82 Å². The van der Waals surface area contributed by atoms with Crippen LogP contribution in [-0.4, -0.2) is 19.1 Å². The quantitative estimate of drug-likeness (QED) is 0.686. The molecule has 6 heteroatoms. The number of hydrogen-bond donors (Lipinski definition) is 0. The minimum absolute atomic E-state index is 0.177. The van der Waals surface area contributed by atoms with Gasteiger partial charge in [0, 0.05) is 36.4 Å². The summed E-state index contributed by atoms with van der Waals surface area (Å²) in [4.78, 5) is 33.2. The van der Waals surface area contributed by atoms with E-state index in [4.69, 9.17) is 0 Å². The maximum Gasteiger partial charge on any atom is 0.316 e. The topological polar surface area (TPSA) is 69.8 Å². The SMILES string of the molecule is O=c1c(=O)n(C2CCC2)ccn1Cc1ncc(-c2ccccc2)cn1. The Balaban J connectivity index is 1.57. The van der Waals surface area contributed by atoms with E-state index in [-0.39, 0.29) is 12.6 Å². The molecular weight excluding hydrogens is 316 g/mol. The highest BCUT2D eigenvalue weighted by Gasteiger charge is 2.21. The number of rotatable bonds is 4. The molecule has 25 heavy (non-hydrogen) atoms. The molecule has 0 spiro atoms. The van der Waals surface area contributed by atoms with E-state index in [1.165, 1.54) is 4.57 Å². The number of hydrogen-bond acceptors (Lipinski definition) is 4. The second-order valence-electron chi connectivity index (χ2n) is 6.28. The molecule has 2 heterocycles. The molecule has 0 radical (unpaired) electrons. The van der Waals surface area contributed by atoms with Crippen LogP contribution in [0.3, 0.4) is 0 Å². The maximum atomic E-state index is 12.3. The lowest BCUT2D eigenvalue weighted by Crippen LogP contribution is -2.43. The van der Waals surface area contributed by atoms with E-state index in [2.05, 4.69) is 9.97 Å². The molecule has 0 atom stereocenters. The average Bonchev–Trinajstić information content (AvgIpc) is 2.61. The Bertz CT molecular complexity index is 986. The summed E-state index contributed by atoms with van der Waals surface area (Å²) in [5, 5.41) is 0. The molecule has 4 rings (SSSR count). The molecule has 1 aliphatic carbocycles. The van der Waals surface area contributed by atoms with E-state index in [9.17, 15) is 9.59 Å². The third-order valence-corrected chi connectivity index (χ3v) is 4.68. The summed E-state index contributed by atoms with van der Waals surface area (Å²) in [5.74, 6) is 0.502. The van der Waals surface area contributed by atoms with Crippen LogP contribution in [0, 0.1) is 0 Å². The lowest BCUT2D eigenvalue weighted by atomic mass is 9.93. The van der Waals surface area contributed by atoms with Crippen molar-refractivity contribution in [2.24, 2.45) is 0 Å². The van der Waals surface area contributed by atoms with Crippen LogP contribution in [0.15, 0.2) is 64.7 Å². The first-order valence-corrected chi connectivity index (χ1v) is 8.40. The molecule has 0 bridgehead atoms. The van der Waals surface area contributed by atoms with Crippen LogP contribution < -0.4 is 11.1 Å². The van der Waals surface area contributed by atoms with Crippen molar-refractivity contribution in [3.63, 3.8) is 0 Å². The predicted molar refractivity (Wildman–Crippen MR) is 94.4 cm³/mol. The van der Waals surface area contributed by atoms with Gasteiger partial charge < -0.3 is 9.13 Å². The monoisotopic (exact) mass is 334 g/mol. The van der Waals surface area contributed by atoms with E-state index >= 15 is 0 Å². The maximum absolute atomic E-state index is 12.3. The molecule has 1 saturated carbocycles. The molecule has 1 fully saturated rings. The third-order valence-electron chi connectivity index (χ3n) is 4.68. The molecule has 126 valence electrons. The summed E-state index contributed by atoms with van der Waals surface area (Å²) >= 11 is 0. The van der Waals surface area contributed by atoms with E-state index in [0.29, 0.717) is 5.82 Å². The second kappa shape index (κ2) is 6.47. The van der Waals surface area contributed by atoms with Gasteiger partial charge in [-0.15, -0.1) is 0 Å². The molecule has 0 unspecified atom stereocenters. The first-order chi connectivity index (χ1) is 12.2. The Morgan fingerprint density at radius 2 is 1.64 bits per heavy atom. The van der Waals surface area contributed by atoms with Gasteiger partial charge in [-0.05, 0) is 24.8 Å². The van der Waals surface area contributed by atoms with Gasteiger partial charge in [-0.25, -0.2) is 9.97 Å². The Morgan fingerprint density at radius 1 is 0.920 bits per heavy atom. The fourth-order valence-corrected chi connectivity index (χ4v) is 2.97. The van der Waals surface area contributed by atoms with Gasteiger partial charge >= 0.3 is 11.1 Å². The molecule has 6 nitrogen and oxygen atoms in total. The molecular formula is C19H18N4O2. The number of benzene rings is 1. The van der Waals surface area contributed by atoms with E-state index in [1.807, 2.05) is 30.3 Å². The zero-order valence-corrected chi connectivity index (χ0v) is 13.7. The van der Waals surface area contributed by atoms with Gasteiger partial charge in [0.05, 0.1) is 6.54 Å². The third kappa shape index (κ3) is 3.03. The fraction of sp³-hybridized carbons (Fsp3) is 0.263. The van der Waals surface area contributed by atoms with Crippen molar-refractivity contribution >= 4 is 0 Å². The summed E-state index contributed by atoms with van der Waals surface area (Å²) in [6.07, 6.45) is 9.86. The van der Waals surface area contributed by atoms with Gasteiger partial charge in [0.25, 0.3) is 0 Å². The van der Waals surface area contributed by atoms with E-state index in [1.54, 1.807) is 29.4 Å². The van der Waals surface area contributed by atoms with Crippen molar-refractivity contribution in [2.75, 3.05) is 0 Å². The molecule has 2 aromatic heterocycles. The first-order valence-electron chi connectivity index (χ1n) is 8.40. The van der Waals surface area contributed by atoms with Gasteiger partial charge in [0.2, 0.25) is 0 Å². The average molecular weight is 334 g/mol. The molecule has 0 N–H and O–H groups in total. The zero-order chi connectivity index (χ0) is 17.2. The van der Waals surface area contributed by atoms with Crippen molar-refractivity contribution in [3.05, 3.63) is 81.7 Å². The van der Waals surface area contributed by atoms with Crippen LogP contribution in [0.25, 0.3) is 11.1 Å². The smallest absolute Gasteiger partial charge is 0.306 e. The van der Waals surface area contributed by atoms with E-state index in [0.717, 1.165) is 30.4 Å². The largest absolute Gasteiger partial charge is 0.316 e. The van der Waals surface area contributed by atoms with E-state index < -0.39 is 11.1 Å². The standard InChI is InChI=1S/C19H18N4O2/c24-18-19(25)23(16-7-4-8-16)10-9-22(18)13-17-20-11-15(12-21-17)14-5-2-1-3-6-14/h1-3,5-6,9-12,16H,4,7-8,13H2. The van der Waals surface area contributed by atoms with Crippen LogP contribution in [0.1, 0.15) is 31.1 Å². The summed E-state index contributed by atoms with van der Waals surface area (Å²) in [6.45, 7) is 0.189. The molecule has 0 aliphatic heterocycles. The highest BCUT2D eigenvalue weighted by Crippen LogP contribution is 2.29. The predicted octanol–water partition coefficient (Wildman–Crippen LogP) is 2.24.